The largest absolute Gasteiger partial charge is 0.496 e. The van der Waals surface area contributed by atoms with Crippen LogP contribution in [-0.4, -0.2) is 25.7 Å². The van der Waals surface area contributed by atoms with Gasteiger partial charge in [-0.05, 0) is 25.1 Å². The molecule has 0 atom stereocenters. The number of ether oxygens (including phenoxy) is 3. The van der Waals surface area contributed by atoms with Crippen molar-refractivity contribution in [2.45, 2.75) is 13.8 Å². The Morgan fingerprint density at radius 1 is 1.32 bits per heavy atom. The van der Waals surface area contributed by atoms with Gasteiger partial charge >= 0.3 is 11.9 Å². The Kier molecular flexibility index (Phi) is 5.60. The Hall–Kier alpha value is -2.30. The molecule has 102 valence electrons. The van der Waals surface area contributed by atoms with Crippen molar-refractivity contribution >= 4 is 18.0 Å². The van der Waals surface area contributed by atoms with Crippen LogP contribution in [0.1, 0.15) is 19.4 Å². The van der Waals surface area contributed by atoms with Gasteiger partial charge in [-0.2, -0.15) is 0 Å². The normalized spacial score (nSPS) is 10.3. The molecule has 0 N–H and O–H groups in total. The van der Waals surface area contributed by atoms with E-state index in [1.165, 1.54) is 20.1 Å². The van der Waals surface area contributed by atoms with Gasteiger partial charge in [0.1, 0.15) is 11.5 Å². The van der Waals surface area contributed by atoms with Crippen LogP contribution >= 0.6 is 0 Å². The zero-order valence-corrected chi connectivity index (χ0v) is 11.1. The maximum atomic E-state index is 11.2. The summed E-state index contributed by atoms with van der Waals surface area (Å²) in [5.41, 5.74) is 0.687. The van der Waals surface area contributed by atoms with Gasteiger partial charge in [0.05, 0.1) is 13.7 Å². The summed E-state index contributed by atoms with van der Waals surface area (Å²) < 4.78 is 14.9. The highest BCUT2D eigenvalue weighted by Crippen LogP contribution is 2.25. The Morgan fingerprint density at radius 3 is 2.63 bits per heavy atom. The van der Waals surface area contributed by atoms with Crippen LogP contribution in [0.15, 0.2) is 24.3 Å². The maximum absolute atomic E-state index is 11.2. The first-order valence-corrected chi connectivity index (χ1v) is 5.78. The molecule has 0 aliphatic carbocycles. The Labute approximate surface area is 111 Å². The first-order chi connectivity index (χ1) is 9.06. The summed E-state index contributed by atoms with van der Waals surface area (Å²) in [6.45, 7) is 3.38. The Morgan fingerprint density at radius 2 is 2.05 bits per heavy atom. The molecule has 0 aliphatic rings. The van der Waals surface area contributed by atoms with Crippen molar-refractivity contribution in [1.82, 2.24) is 0 Å². The molecule has 0 saturated heterocycles. The van der Waals surface area contributed by atoms with Gasteiger partial charge in [0.2, 0.25) is 0 Å². The minimum Gasteiger partial charge on any atom is -0.496 e. The van der Waals surface area contributed by atoms with Crippen molar-refractivity contribution in [3.63, 3.8) is 0 Å². The van der Waals surface area contributed by atoms with Crippen molar-refractivity contribution in [1.29, 1.82) is 0 Å². The molecule has 0 unspecified atom stereocenters. The van der Waals surface area contributed by atoms with Crippen LogP contribution in [0.3, 0.4) is 0 Å². The highest BCUT2D eigenvalue weighted by molar-refractivity contribution is 5.87. The van der Waals surface area contributed by atoms with Crippen molar-refractivity contribution in [3.8, 4) is 11.5 Å². The first kappa shape index (κ1) is 14.8. The molecule has 0 saturated carbocycles. The molecule has 0 aliphatic heterocycles. The molecule has 19 heavy (non-hydrogen) atoms. The summed E-state index contributed by atoms with van der Waals surface area (Å²) >= 11 is 0. The number of benzene rings is 1. The fourth-order valence-electron chi connectivity index (χ4n) is 1.41. The van der Waals surface area contributed by atoms with Crippen LogP contribution in [0.4, 0.5) is 0 Å². The second-order valence-corrected chi connectivity index (χ2v) is 3.58. The molecule has 0 fully saturated rings. The molecule has 0 heterocycles. The Bertz CT molecular complexity index is 491. The summed E-state index contributed by atoms with van der Waals surface area (Å²) in [4.78, 5) is 22.1. The lowest BCUT2D eigenvalue weighted by Gasteiger charge is -2.07. The maximum Gasteiger partial charge on any atom is 0.330 e. The van der Waals surface area contributed by atoms with E-state index < -0.39 is 11.9 Å². The molecule has 0 amide bonds. The molecule has 1 aromatic carbocycles. The molecule has 0 radical (unpaired) electrons. The second-order valence-electron chi connectivity index (χ2n) is 3.58. The third kappa shape index (κ3) is 4.83. The summed E-state index contributed by atoms with van der Waals surface area (Å²) in [5, 5.41) is 0. The average Bonchev–Trinajstić information content (AvgIpc) is 2.36. The number of carbonyl (C=O) groups is 2. The van der Waals surface area contributed by atoms with Crippen molar-refractivity contribution in [2.75, 3.05) is 13.7 Å². The fourth-order valence-corrected chi connectivity index (χ4v) is 1.41. The number of methoxy groups -OCH3 is 1. The van der Waals surface area contributed by atoms with E-state index in [1.54, 1.807) is 31.2 Å². The zero-order chi connectivity index (χ0) is 14.3. The molecule has 0 bridgehead atoms. The lowest BCUT2D eigenvalue weighted by molar-refractivity contribution is -0.137. The molecule has 0 aromatic heterocycles. The molecule has 1 aromatic rings. The topological polar surface area (TPSA) is 61.8 Å². The summed E-state index contributed by atoms with van der Waals surface area (Å²) in [5.74, 6) is 0.0578. The fraction of sp³-hybridized carbons (Fsp3) is 0.286. The van der Waals surface area contributed by atoms with Crippen LogP contribution < -0.4 is 9.47 Å². The Balaban J connectivity index is 2.89. The second kappa shape index (κ2) is 7.20. The third-order valence-corrected chi connectivity index (χ3v) is 2.15. The number of hydrogen-bond donors (Lipinski definition) is 0. The van der Waals surface area contributed by atoms with Gasteiger partial charge in [-0.1, -0.05) is 0 Å². The van der Waals surface area contributed by atoms with Crippen LogP contribution in [0.5, 0.6) is 11.5 Å². The predicted octanol–water partition coefficient (Wildman–Crippen LogP) is 2.20. The SMILES string of the molecule is CCOC(=O)C=Cc1ccc(OC(C)=O)cc1OC. The minimum absolute atomic E-state index is 0.325. The number of carbonyl (C=O) groups excluding carboxylic acids is 2. The zero-order valence-electron chi connectivity index (χ0n) is 11.1. The quantitative estimate of drug-likeness (QED) is 0.463. The highest BCUT2D eigenvalue weighted by Gasteiger charge is 2.05. The van der Waals surface area contributed by atoms with E-state index in [9.17, 15) is 9.59 Å². The number of hydrogen-bond acceptors (Lipinski definition) is 5. The minimum atomic E-state index is -0.423. The van der Waals surface area contributed by atoms with E-state index in [0.29, 0.717) is 23.7 Å². The molecule has 5 nitrogen and oxygen atoms in total. The van der Waals surface area contributed by atoms with Gasteiger partial charge in [-0.3, -0.25) is 4.79 Å². The van der Waals surface area contributed by atoms with Crippen molar-refractivity contribution in [2.24, 2.45) is 0 Å². The lowest BCUT2D eigenvalue weighted by atomic mass is 10.1. The number of esters is 2. The van der Waals surface area contributed by atoms with Gasteiger partial charge in [-0.15, -0.1) is 0 Å². The summed E-state index contributed by atoms with van der Waals surface area (Å²) in [7, 11) is 1.49. The van der Waals surface area contributed by atoms with E-state index >= 15 is 0 Å². The van der Waals surface area contributed by atoms with Gasteiger partial charge in [0, 0.05) is 24.6 Å². The van der Waals surface area contributed by atoms with E-state index in [2.05, 4.69) is 0 Å². The standard InChI is InChI=1S/C14H16O5/c1-4-18-14(16)8-6-11-5-7-12(19-10(2)15)9-13(11)17-3/h5-9H,4H2,1-3H3. The van der Waals surface area contributed by atoms with E-state index in [0.717, 1.165) is 0 Å². The number of rotatable bonds is 5. The predicted molar refractivity (Wildman–Crippen MR) is 70.0 cm³/mol. The van der Waals surface area contributed by atoms with Crippen molar-refractivity contribution < 1.29 is 23.8 Å². The molecular formula is C14H16O5. The van der Waals surface area contributed by atoms with E-state index in [4.69, 9.17) is 14.2 Å². The molecular weight excluding hydrogens is 248 g/mol. The van der Waals surface area contributed by atoms with Crippen LogP contribution in [0.2, 0.25) is 0 Å². The summed E-state index contributed by atoms with van der Waals surface area (Å²) in [6, 6.07) is 4.88. The van der Waals surface area contributed by atoms with E-state index in [-0.39, 0.29) is 0 Å². The first-order valence-electron chi connectivity index (χ1n) is 5.78. The third-order valence-electron chi connectivity index (χ3n) is 2.15. The highest BCUT2D eigenvalue weighted by atomic mass is 16.5. The van der Waals surface area contributed by atoms with E-state index in [1.807, 2.05) is 0 Å². The van der Waals surface area contributed by atoms with Gasteiger partial charge < -0.3 is 14.2 Å². The average molecular weight is 264 g/mol. The molecule has 1 rings (SSSR count). The van der Waals surface area contributed by atoms with Crippen LogP contribution in [-0.2, 0) is 14.3 Å². The van der Waals surface area contributed by atoms with Crippen LogP contribution in [0, 0.1) is 0 Å². The van der Waals surface area contributed by atoms with Crippen molar-refractivity contribution in [3.05, 3.63) is 29.8 Å². The lowest BCUT2D eigenvalue weighted by Crippen LogP contribution is -2.02. The van der Waals surface area contributed by atoms with Gasteiger partial charge in [-0.25, -0.2) is 4.79 Å². The molecule has 0 spiro atoms. The summed E-state index contributed by atoms with van der Waals surface area (Å²) in [6.07, 6.45) is 2.89. The van der Waals surface area contributed by atoms with Gasteiger partial charge in [0.25, 0.3) is 0 Å². The van der Waals surface area contributed by atoms with Gasteiger partial charge in [0.15, 0.2) is 0 Å². The monoisotopic (exact) mass is 264 g/mol. The van der Waals surface area contributed by atoms with Crippen LogP contribution in [0.25, 0.3) is 6.08 Å². The molecule has 5 heteroatoms. The smallest absolute Gasteiger partial charge is 0.330 e.